The molecule has 0 spiro atoms. The van der Waals surface area contributed by atoms with Gasteiger partial charge < -0.3 is 4.74 Å². The summed E-state index contributed by atoms with van der Waals surface area (Å²) in [5.41, 5.74) is 0. The van der Waals surface area contributed by atoms with Crippen molar-refractivity contribution in [3.05, 3.63) is 0 Å². The molecule has 0 N–H and O–H groups in total. The maximum Gasteiger partial charge on any atom is 0.292 e. The average molecular weight is 239 g/mol. The van der Waals surface area contributed by atoms with Gasteiger partial charge in [-0.05, 0) is 18.8 Å². The molecule has 0 amide bonds. The Morgan fingerprint density at radius 1 is 1.29 bits per heavy atom. The van der Waals surface area contributed by atoms with Crippen LogP contribution in [-0.4, -0.2) is 12.1 Å². The second kappa shape index (κ2) is 5.34. The minimum Gasteiger partial charge on any atom is -0.303 e. The lowest BCUT2D eigenvalue weighted by atomic mass is 9.89. The molecule has 2 unspecified atom stereocenters. The van der Waals surface area contributed by atoms with Crippen LogP contribution in [0.15, 0.2) is 0 Å². The molecule has 96 valence electrons. The van der Waals surface area contributed by atoms with Gasteiger partial charge in [0.1, 0.15) is 6.07 Å². The lowest BCUT2D eigenvalue weighted by Gasteiger charge is -2.25. The van der Waals surface area contributed by atoms with E-state index in [1.807, 2.05) is 13.8 Å². The zero-order valence-corrected chi connectivity index (χ0v) is 10.6. The molecule has 0 aromatic carbocycles. The van der Waals surface area contributed by atoms with Crippen LogP contribution >= 0.6 is 0 Å². The van der Waals surface area contributed by atoms with E-state index in [1.54, 1.807) is 0 Å². The summed E-state index contributed by atoms with van der Waals surface area (Å²) < 4.78 is 5.74. The Kier molecular flexibility index (Phi) is 4.03. The first-order valence-corrected chi connectivity index (χ1v) is 6.59. The highest BCUT2D eigenvalue weighted by Crippen LogP contribution is 2.38. The van der Waals surface area contributed by atoms with Crippen LogP contribution in [0, 0.1) is 23.2 Å². The summed E-state index contributed by atoms with van der Waals surface area (Å²) in [5.74, 6) is -0.467. The summed E-state index contributed by atoms with van der Waals surface area (Å²) in [7, 11) is 0. The first-order valence-electron chi connectivity index (χ1n) is 6.59. The molecule has 4 nitrogen and oxygen atoms in total. The predicted octanol–water partition coefficient (Wildman–Crippen LogP) is 3.14. The van der Waals surface area contributed by atoms with Crippen LogP contribution in [0.1, 0.15) is 52.4 Å². The Labute approximate surface area is 103 Å². The normalized spacial score (nSPS) is 35.1. The summed E-state index contributed by atoms with van der Waals surface area (Å²) in [4.78, 5) is 10.4. The largest absolute Gasteiger partial charge is 0.303 e. The zero-order valence-electron chi connectivity index (χ0n) is 10.6. The molecule has 0 bridgehead atoms. The summed E-state index contributed by atoms with van der Waals surface area (Å²) in [6.07, 6.45) is 6.14. The van der Waals surface area contributed by atoms with Crippen molar-refractivity contribution in [2.45, 2.75) is 64.4 Å². The molecule has 2 aliphatic rings. The molecule has 1 aliphatic carbocycles. The Morgan fingerprint density at radius 2 is 2.00 bits per heavy atom. The molecule has 17 heavy (non-hydrogen) atoms. The van der Waals surface area contributed by atoms with Crippen molar-refractivity contribution in [2.75, 3.05) is 0 Å². The molecule has 0 aromatic heterocycles. The van der Waals surface area contributed by atoms with Gasteiger partial charge in [-0.25, -0.2) is 0 Å². The summed E-state index contributed by atoms with van der Waals surface area (Å²) in [6, 6.07) is 2.11. The van der Waals surface area contributed by atoms with E-state index >= 15 is 0 Å². The molecule has 4 heteroatoms. The fraction of sp³-hybridized carbons (Fsp3) is 0.923. The van der Waals surface area contributed by atoms with Crippen LogP contribution in [0.2, 0.25) is 0 Å². The fourth-order valence-electron chi connectivity index (χ4n) is 2.64. The molecular weight excluding hydrogens is 218 g/mol. The Morgan fingerprint density at radius 3 is 2.59 bits per heavy atom. The maximum atomic E-state index is 9.20. The highest BCUT2D eigenvalue weighted by molar-refractivity contribution is 4.96. The Hall–Kier alpha value is -0.630. The van der Waals surface area contributed by atoms with Crippen LogP contribution in [0.5, 0.6) is 0 Å². The van der Waals surface area contributed by atoms with E-state index < -0.39 is 5.79 Å². The van der Waals surface area contributed by atoms with E-state index in [4.69, 9.17) is 14.5 Å². The van der Waals surface area contributed by atoms with Crippen LogP contribution < -0.4 is 0 Å². The summed E-state index contributed by atoms with van der Waals surface area (Å²) in [5, 5.41) is 9.20. The second-order valence-electron chi connectivity index (χ2n) is 5.53. The molecule has 1 saturated heterocycles. The van der Waals surface area contributed by atoms with Gasteiger partial charge in [0.15, 0.2) is 6.29 Å². The summed E-state index contributed by atoms with van der Waals surface area (Å²) >= 11 is 0. The molecule has 1 heterocycles. The number of ether oxygens (including phenoxy) is 1. The third kappa shape index (κ3) is 2.98. The van der Waals surface area contributed by atoms with Gasteiger partial charge in [-0.3, -0.25) is 0 Å². The van der Waals surface area contributed by atoms with Gasteiger partial charge in [0.05, 0.1) is 0 Å². The lowest BCUT2D eigenvalue weighted by molar-refractivity contribution is -0.323. The Bertz CT molecular complexity index is 294. The molecule has 0 aromatic rings. The Balaban J connectivity index is 1.94. The molecule has 0 radical (unpaired) electrons. The second-order valence-corrected chi connectivity index (χ2v) is 5.53. The van der Waals surface area contributed by atoms with Gasteiger partial charge in [0.2, 0.25) is 0 Å². The number of hydrogen-bond acceptors (Lipinski definition) is 4. The van der Waals surface area contributed by atoms with Gasteiger partial charge in [0, 0.05) is 12.3 Å². The first-order chi connectivity index (χ1) is 8.15. The van der Waals surface area contributed by atoms with Gasteiger partial charge >= 0.3 is 0 Å². The average Bonchev–Trinajstić information content (AvgIpc) is 2.74. The molecule has 1 saturated carbocycles. The van der Waals surface area contributed by atoms with Gasteiger partial charge in [-0.1, -0.05) is 33.1 Å². The van der Waals surface area contributed by atoms with Crippen molar-refractivity contribution in [1.29, 1.82) is 5.26 Å². The number of nitrogens with zero attached hydrogens (tertiary/aromatic N) is 1. The molecule has 2 fully saturated rings. The monoisotopic (exact) mass is 239 g/mol. The third-order valence-corrected chi connectivity index (χ3v) is 3.47. The third-order valence-electron chi connectivity index (χ3n) is 3.47. The van der Waals surface area contributed by atoms with Crippen LogP contribution in [0.25, 0.3) is 0 Å². The highest BCUT2D eigenvalue weighted by Gasteiger charge is 2.47. The smallest absolute Gasteiger partial charge is 0.292 e. The van der Waals surface area contributed by atoms with E-state index in [1.165, 1.54) is 19.3 Å². The van der Waals surface area contributed by atoms with Crippen molar-refractivity contribution in [3.63, 3.8) is 0 Å². The molecule has 2 atom stereocenters. The minimum atomic E-state index is -1.18. The molecule has 1 aliphatic heterocycles. The van der Waals surface area contributed by atoms with Crippen molar-refractivity contribution in [1.82, 2.24) is 0 Å². The standard InChI is InChI=1S/C13H21NO3/c1-10(2)8-13(9-14)15-12(16-17-13)11-6-4-3-5-7-11/h10-12H,3-8H2,1-2H3. The number of nitriles is 1. The van der Waals surface area contributed by atoms with Crippen LogP contribution in [0.3, 0.4) is 0 Å². The van der Waals surface area contributed by atoms with E-state index in [0.717, 1.165) is 12.8 Å². The van der Waals surface area contributed by atoms with Crippen LogP contribution in [-0.2, 0) is 14.5 Å². The highest BCUT2D eigenvalue weighted by atomic mass is 17.3. The van der Waals surface area contributed by atoms with Gasteiger partial charge in [-0.2, -0.15) is 15.0 Å². The number of hydrogen-bond donors (Lipinski definition) is 0. The van der Waals surface area contributed by atoms with E-state index in [2.05, 4.69) is 6.07 Å². The summed E-state index contributed by atoms with van der Waals surface area (Å²) in [6.45, 7) is 4.08. The maximum absolute atomic E-state index is 9.20. The zero-order chi connectivity index (χ0) is 12.3. The number of rotatable bonds is 3. The molecule has 2 rings (SSSR count). The van der Waals surface area contributed by atoms with Gasteiger partial charge in [0.25, 0.3) is 5.79 Å². The van der Waals surface area contributed by atoms with E-state index in [9.17, 15) is 5.26 Å². The minimum absolute atomic E-state index is 0.336. The first kappa shape index (κ1) is 12.8. The quantitative estimate of drug-likeness (QED) is 0.710. The fourth-order valence-corrected chi connectivity index (χ4v) is 2.64. The van der Waals surface area contributed by atoms with Crippen molar-refractivity contribution in [3.8, 4) is 6.07 Å². The SMILES string of the molecule is CC(C)CC1(C#N)OOC(C2CCCCC2)O1. The topological polar surface area (TPSA) is 51.5 Å². The van der Waals surface area contributed by atoms with Gasteiger partial charge in [-0.15, -0.1) is 0 Å². The van der Waals surface area contributed by atoms with E-state index in [0.29, 0.717) is 18.3 Å². The molecular formula is C13H21NO3. The predicted molar refractivity (Wildman–Crippen MR) is 61.4 cm³/mol. The van der Waals surface area contributed by atoms with Crippen molar-refractivity contribution in [2.24, 2.45) is 11.8 Å². The lowest BCUT2D eigenvalue weighted by Crippen LogP contribution is -2.33. The van der Waals surface area contributed by atoms with Crippen LogP contribution in [0.4, 0.5) is 0 Å². The van der Waals surface area contributed by atoms with E-state index in [-0.39, 0.29) is 6.29 Å². The van der Waals surface area contributed by atoms with Crippen molar-refractivity contribution >= 4 is 0 Å². The van der Waals surface area contributed by atoms with Crippen molar-refractivity contribution < 1.29 is 14.5 Å².